The van der Waals surface area contributed by atoms with E-state index in [1.807, 2.05) is 0 Å². The summed E-state index contributed by atoms with van der Waals surface area (Å²) in [5, 5.41) is 1.54. The lowest BCUT2D eigenvalue weighted by Crippen LogP contribution is -2.56. The average molecular weight is 273 g/mol. The van der Waals surface area contributed by atoms with Gasteiger partial charge in [-0.15, -0.1) is 0 Å². The average Bonchev–Trinajstić information content (AvgIpc) is 2.29. The van der Waals surface area contributed by atoms with E-state index in [0.717, 1.165) is 0 Å². The van der Waals surface area contributed by atoms with Gasteiger partial charge >= 0.3 is 17.8 Å². The highest BCUT2D eigenvalue weighted by Gasteiger charge is 2.67. The lowest BCUT2D eigenvalue weighted by molar-refractivity contribution is -0.226. The number of amides is 1. The number of hydrogen-bond donors (Lipinski definition) is 1. The Bertz CT molecular complexity index is 307. The zero-order valence-electron chi connectivity index (χ0n) is 10.1. The van der Waals surface area contributed by atoms with Gasteiger partial charge in [-0.05, 0) is 13.3 Å². The number of nitrogens with one attached hydrogen (secondary N) is 1. The molecular weight excluding hydrogens is 258 g/mol. The molecule has 0 aliphatic rings. The van der Waals surface area contributed by atoms with Crippen molar-refractivity contribution in [3.05, 3.63) is 0 Å². The maximum Gasteiger partial charge on any atom is 0.413 e. The van der Waals surface area contributed by atoms with E-state index in [-0.39, 0.29) is 13.0 Å². The highest BCUT2D eigenvalue weighted by atomic mass is 19.3. The van der Waals surface area contributed by atoms with E-state index in [9.17, 15) is 27.2 Å². The molecule has 18 heavy (non-hydrogen) atoms. The molecular formula is C10H15F4NO3. The van der Waals surface area contributed by atoms with E-state index < -0.39 is 30.3 Å². The van der Waals surface area contributed by atoms with Crippen LogP contribution in [0.2, 0.25) is 0 Å². The molecule has 0 bridgehead atoms. The Hall–Kier alpha value is -1.34. The summed E-state index contributed by atoms with van der Waals surface area (Å²) in [6.45, 7) is 2.34. The van der Waals surface area contributed by atoms with Crippen LogP contribution in [0.1, 0.15) is 26.7 Å². The van der Waals surface area contributed by atoms with Crippen LogP contribution in [0.4, 0.5) is 17.6 Å². The minimum Gasteiger partial charge on any atom is -0.461 e. The molecule has 0 saturated heterocycles. The molecule has 0 rings (SSSR count). The second-order valence-electron chi connectivity index (χ2n) is 3.50. The number of esters is 1. The topological polar surface area (TPSA) is 55.4 Å². The number of ether oxygens (including phenoxy) is 1. The normalized spacial score (nSPS) is 12.1. The van der Waals surface area contributed by atoms with Gasteiger partial charge in [0.1, 0.15) is 0 Å². The molecule has 0 aromatic carbocycles. The summed E-state index contributed by atoms with van der Waals surface area (Å²) in [7, 11) is 0. The number of rotatable bonds is 7. The van der Waals surface area contributed by atoms with Crippen LogP contribution in [0.15, 0.2) is 0 Å². The molecule has 1 amide bonds. The van der Waals surface area contributed by atoms with Crippen molar-refractivity contribution in [3.63, 3.8) is 0 Å². The summed E-state index contributed by atoms with van der Waals surface area (Å²) in [4.78, 5) is 21.7. The molecule has 0 spiro atoms. The van der Waals surface area contributed by atoms with Crippen LogP contribution in [0.25, 0.3) is 0 Å². The van der Waals surface area contributed by atoms with Crippen LogP contribution in [-0.2, 0) is 14.3 Å². The van der Waals surface area contributed by atoms with E-state index in [1.165, 1.54) is 12.2 Å². The molecule has 4 nitrogen and oxygen atoms in total. The molecule has 0 atom stereocenters. The van der Waals surface area contributed by atoms with Crippen molar-refractivity contribution in [2.45, 2.75) is 38.5 Å². The predicted octanol–water partition coefficient (Wildman–Crippen LogP) is 1.74. The van der Waals surface area contributed by atoms with E-state index in [0.29, 0.717) is 6.42 Å². The molecule has 0 heterocycles. The van der Waals surface area contributed by atoms with Crippen molar-refractivity contribution < 1.29 is 31.9 Å². The monoisotopic (exact) mass is 273 g/mol. The highest BCUT2D eigenvalue weighted by Crippen LogP contribution is 2.35. The standard InChI is InChI=1S/C10H15F4NO3/c1-3-5-6-18-8(17)10(13,14)9(11,12)7(16)15-4-2/h3-6H2,1-2H3,(H,15,16). The Morgan fingerprint density at radius 1 is 1.11 bits per heavy atom. The lowest BCUT2D eigenvalue weighted by Gasteiger charge is -2.23. The van der Waals surface area contributed by atoms with Crippen LogP contribution in [0.3, 0.4) is 0 Å². The minimum absolute atomic E-state index is 0.255. The zero-order valence-corrected chi connectivity index (χ0v) is 10.1. The van der Waals surface area contributed by atoms with Crippen LogP contribution in [0.5, 0.6) is 0 Å². The maximum atomic E-state index is 13.1. The fourth-order valence-electron chi connectivity index (χ4n) is 0.942. The molecule has 0 radical (unpaired) electrons. The highest BCUT2D eigenvalue weighted by molar-refractivity contribution is 5.92. The summed E-state index contributed by atoms with van der Waals surface area (Å²) in [5.74, 6) is -14.9. The summed E-state index contributed by atoms with van der Waals surface area (Å²) in [6, 6.07) is 0. The molecule has 0 aromatic heterocycles. The van der Waals surface area contributed by atoms with Crippen molar-refractivity contribution in [2.75, 3.05) is 13.2 Å². The molecule has 1 N–H and O–H groups in total. The first-order valence-electron chi connectivity index (χ1n) is 5.42. The summed E-state index contributed by atoms with van der Waals surface area (Å²) < 4.78 is 56.4. The second kappa shape index (κ2) is 6.55. The molecule has 106 valence electrons. The molecule has 0 aromatic rings. The first kappa shape index (κ1) is 16.7. The van der Waals surface area contributed by atoms with E-state index >= 15 is 0 Å². The van der Waals surface area contributed by atoms with Gasteiger partial charge in [0.15, 0.2) is 0 Å². The zero-order chi connectivity index (χ0) is 14.4. The van der Waals surface area contributed by atoms with Gasteiger partial charge in [-0.3, -0.25) is 4.79 Å². The summed E-state index contributed by atoms with van der Waals surface area (Å²) in [6.07, 6.45) is 0.820. The Kier molecular flexibility index (Phi) is 6.07. The number of halogens is 4. The number of carbonyl (C=O) groups excluding carboxylic acids is 2. The van der Waals surface area contributed by atoms with Gasteiger partial charge in [-0.25, -0.2) is 4.79 Å². The van der Waals surface area contributed by atoms with Crippen LogP contribution < -0.4 is 5.32 Å². The molecule has 0 aliphatic carbocycles. The number of carbonyl (C=O) groups is 2. The van der Waals surface area contributed by atoms with Gasteiger partial charge in [-0.2, -0.15) is 17.6 Å². The van der Waals surface area contributed by atoms with E-state index in [2.05, 4.69) is 4.74 Å². The first-order valence-corrected chi connectivity index (χ1v) is 5.42. The van der Waals surface area contributed by atoms with Crippen molar-refractivity contribution in [1.82, 2.24) is 5.32 Å². The quantitative estimate of drug-likeness (QED) is 0.436. The third-order valence-corrected chi connectivity index (χ3v) is 2.00. The lowest BCUT2D eigenvalue weighted by atomic mass is 10.1. The van der Waals surface area contributed by atoms with Crippen molar-refractivity contribution in [2.24, 2.45) is 0 Å². The number of unbranched alkanes of at least 4 members (excludes halogenated alkanes) is 1. The van der Waals surface area contributed by atoms with Crippen LogP contribution in [0, 0.1) is 0 Å². The Morgan fingerprint density at radius 2 is 1.67 bits per heavy atom. The van der Waals surface area contributed by atoms with Gasteiger partial charge in [0.2, 0.25) is 0 Å². The van der Waals surface area contributed by atoms with E-state index in [4.69, 9.17) is 0 Å². The Labute approximate surface area is 102 Å². The van der Waals surface area contributed by atoms with Gasteiger partial charge in [-0.1, -0.05) is 13.3 Å². The maximum absolute atomic E-state index is 13.1. The van der Waals surface area contributed by atoms with Gasteiger partial charge < -0.3 is 10.1 Å². The fraction of sp³-hybridized carbons (Fsp3) is 0.800. The third kappa shape index (κ3) is 3.58. The summed E-state index contributed by atoms with van der Waals surface area (Å²) >= 11 is 0. The Balaban J connectivity index is 4.77. The molecule has 0 unspecified atom stereocenters. The van der Waals surface area contributed by atoms with Crippen molar-refractivity contribution >= 4 is 11.9 Å². The first-order chi connectivity index (χ1) is 8.21. The molecule has 0 aliphatic heterocycles. The van der Waals surface area contributed by atoms with Crippen molar-refractivity contribution in [3.8, 4) is 0 Å². The molecule has 0 fully saturated rings. The summed E-state index contributed by atoms with van der Waals surface area (Å²) in [5.41, 5.74) is 0. The number of alkyl halides is 4. The SMILES string of the molecule is CCCCOC(=O)C(F)(F)C(F)(F)C(=O)NCC. The fourth-order valence-corrected chi connectivity index (χ4v) is 0.942. The minimum atomic E-state index is -5.18. The number of hydrogen-bond acceptors (Lipinski definition) is 3. The van der Waals surface area contributed by atoms with Crippen LogP contribution >= 0.6 is 0 Å². The third-order valence-electron chi connectivity index (χ3n) is 2.00. The smallest absolute Gasteiger partial charge is 0.413 e. The largest absolute Gasteiger partial charge is 0.461 e. The van der Waals surface area contributed by atoms with Gasteiger partial charge in [0, 0.05) is 6.54 Å². The second-order valence-corrected chi connectivity index (χ2v) is 3.50. The molecule has 8 heteroatoms. The molecule has 0 saturated carbocycles. The predicted molar refractivity (Wildman–Crippen MR) is 54.4 cm³/mol. The van der Waals surface area contributed by atoms with Gasteiger partial charge in [0.25, 0.3) is 5.91 Å². The van der Waals surface area contributed by atoms with E-state index in [1.54, 1.807) is 6.92 Å². The van der Waals surface area contributed by atoms with Gasteiger partial charge in [0.05, 0.1) is 6.61 Å². The van der Waals surface area contributed by atoms with Crippen molar-refractivity contribution in [1.29, 1.82) is 0 Å². The van der Waals surface area contributed by atoms with Crippen LogP contribution in [-0.4, -0.2) is 36.9 Å². The Morgan fingerprint density at radius 3 is 2.11 bits per heavy atom.